The Bertz CT molecular complexity index is 787. The number of aromatic nitrogens is 1. The molecule has 6 nitrogen and oxygen atoms in total. The van der Waals surface area contributed by atoms with Crippen LogP contribution in [0.2, 0.25) is 0 Å². The molecule has 29 heavy (non-hydrogen) atoms. The number of unbranched alkanes of at least 4 members (excludes halogenated alkanes) is 1. The summed E-state index contributed by atoms with van der Waals surface area (Å²) >= 11 is 1.45. The third kappa shape index (κ3) is 6.29. The molecule has 1 fully saturated rings. The fraction of sp³-hybridized carbons (Fsp3) is 0.500. The van der Waals surface area contributed by atoms with Crippen LogP contribution in [0.3, 0.4) is 0 Å². The number of benzene rings is 1. The van der Waals surface area contributed by atoms with Crippen LogP contribution in [-0.4, -0.2) is 52.8 Å². The fourth-order valence-corrected chi connectivity index (χ4v) is 4.11. The van der Waals surface area contributed by atoms with Gasteiger partial charge in [-0.3, -0.25) is 9.59 Å². The number of rotatable bonds is 10. The van der Waals surface area contributed by atoms with Crippen molar-refractivity contribution in [1.82, 2.24) is 14.8 Å². The third-order valence-electron chi connectivity index (χ3n) is 5.09. The second kappa shape index (κ2) is 11.0. The highest BCUT2D eigenvalue weighted by Crippen LogP contribution is 2.19. The van der Waals surface area contributed by atoms with Gasteiger partial charge in [0.1, 0.15) is 5.69 Å². The van der Waals surface area contributed by atoms with Crippen molar-refractivity contribution in [1.29, 1.82) is 0 Å². The number of thiazole rings is 1. The molecular weight excluding hydrogens is 384 g/mol. The predicted molar refractivity (Wildman–Crippen MR) is 117 cm³/mol. The summed E-state index contributed by atoms with van der Waals surface area (Å²) in [5.74, 6) is 0.0106. The molecule has 2 heterocycles. The Hall–Kier alpha value is -2.41. The lowest BCUT2D eigenvalue weighted by Crippen LogP contribution is -2.36. The van der Waals surface area contributed by atoms with E-state index in [-0.39, 0.29) is 11.8 Å². The van der Waals surface area contributed by atoms with E-state index in [2.05, 4.69) is 17.2 Å². The van der Waals surface area contributed by atoms with Gasteiger partial charge in [0.2, 0.25) is 5.91 Å². The van der Waals surface area contributed by atoms with E-state index in [1.807, 2.05) is 35.2 Å². The van der Waals surface area contributed by atoms with Crippen LogP contribution >= 0.6 is 11.3 Å². The first-order valence-electron chi connectivity index (χ1n) is 10.5. The molecule has 2 aromatic rings. The summed E-state index contributed by atoms with van der Waals surface area (Å²) in [5, 5.41) is 5.85. The molecule has 1 aliphatic rings. The normalized spacial score (nSPS) is 13.5. The van der Waals surface area contributed by atoms with Crippen molar-refractivity contribution in [2.45, 2.75) is 45.6 Å². The predicted octanol–water partition coefficient (Wildman–Crippen LogP) is 4.01. The van der Waals surface area contributed by atoms with Crippen LogP contribution in [0.4, 0.5) is 5.13 Å². The quantitative estimate of drug-likeness (QED) is 0.597. The lowest BCUT2D eigenvalue weighted by Gasteiger charge is -2.23. The lowest BCUT2D eigenvalue weighted by atomic mass is 10.2. The maximum absolute atomic E-state index is 13.1. The second-order valence-electron chi connectivity index (χ2n) is 7.37. The smallest absolute Gasteiger partial charge is 0.273 e. The molecule has 1 aromatic carbocycles. The van der Waals surface area contributed by atoms with E-state index in [4.69, 9.17) is 0 Å². The molecule has 0 bridgehead atoms. The number of hydrogen-bond donors (Lipinski definition) is 1. The number of hydrogen-bond acceptors (Lipinski definition) is 5. The summed E-state index contributed by atoms with van der Waals surface area (Å²) in [6.45, 7) is 5.55. The average Bonchev–Trinajstić information content (AvgIpc) is 3.44. The van der Waals surface area contributed by atoms with Gasteiger partial charge in [0.15, 0.2) is 5.13 Å². The number of amides is 2. The molecule has 1 N–H and O–H groups in total. The van der Waals surface area contributed by atoms with Gasteiger partial charge in [-0.05, 0) is 24.8 Å². The highest BCUT2D eigenvalue weighted by Gasteiger charge is 2.23. The highest BCUT2D eigenvalue weighted by molar-refractivity contribution is 7.13. The topological polar surface area (TPSA) is 65.5 Å². The Kier molecular flexibility index (Phi) is 8.04. The van der Waals surface area contributed by atoms with Gasteiger partial charge in [0, 0.05) is 44.5 Å². The molecule has 0 aliphatic carbocycles. The average molecular weight is 415 g/mol. The van der Waals surface area contributed by atoms with Gasteiger partial charge < -0.3 is 15.1 Å². The molecule has 1 aromatic heterocycles. The Labute approximate surface area is 176 Å². The lowest BCUT2D eigenvalue weighted by molar-refractivity contribution is -0.130. The summed E-state index contributed by atoms with van der Waals surface area (Å²) in [6.07, 6.45) is 4.68. The fourth-order valence-electron chi connectivity index (χ4n) is 3.40. The Morgan fingerprint density at radius 3 is 2.69 bits per heavy atom. The number of carbonyl (C=O) groups excluding carboxylic acids is 2. The van der Waals surface area contributed by atoms with E-state index >= 15 is 0 Å². The van der Waals surface area contributed by atoms with Crippen molar-refractivity contribution >= 4 is 28.3 Å². The van der Waals surface area contributed by atoms with Gasteiger partial charge in [-0.15, -0.1) is 11.3 Å². The minimum absolute atomic E-state index is 0.122. The summed E-state index contributed by atoms with van der Waals surface area (Å²) in [7, 11) is 0. The summed E-state index contributed by atoms with van der Waals surface area (Å²) in [6, 6.07) is 9.89. The van der Waals surface area contributed by atoms with E-state index in [1.54, 1.807) is 10.3 Å². The molecular formula is C22H30N4O2S. The number of carbonyl (C=O) groups is 2. The second-order valence-corrected chi connectivity index (χ2v) is 8.23. The third-order valence-corrected chi connectivity index (χ3v) is 5.89. The van der Waals surface area contributed by atoms with Crippen LogP contribution in [0.15, 0.2) is 35.7 Å². The molecule has 1 aliphatic heterocycles. The van der Waals surface area contributed by atoms with Crippen molar-refractivity contribution in [2.75, 3.05) is 31.5 Å². The van der Waals surface area contributed by atoms with Crippen LogP contribution in [-0.2, 0) is 11.3 Å². The van der Waals surface area contributed by atoms with Gasteiger partial charge in [0.25, 0.3) is 5.91 Å². The summed E-state index contributed by atoms with van der Waals surface area (Å²) < 4.78 is 0. The molecule has 156 valence electrons. The van der Waals surface area contributed by atoms with Crippen molar-refractivity contribution in [3.8, 4) is 0 Å². The van der Waals surface area contributed by atoms with Crippen LogP contribution < -0.4 is 5.32 Å². The van der Waals surface area contributed by atoms with Gasteiger partial charge >= 0.3 is 0 Å². The first-order valence-corrected chi connectivity index (χ1v) is 11.4. The molecule has 0 atom stereocenters. The SMILES string of the molecule is CCCCNc1nc(C(=O)N(CCC(=O)N2CCCC2)Cc2ccccc2)cs1. The van der Waals surface area contributed by atoms with Gasteiger partial charge in [-0.25, -0.2) is 4.98 Å². The van der Waals surface area contributed by atoms with Gasteiger partial charge in [-0.2, -0.15) is 0 Å². The van der Waals surface area contributed by atoms with Crippen molar-refractivity contribution in [3.05, 3.63) is 47.0 Å². The van der Waals surface area contributed by atoms with Crippen LogP contribution in [0, 0.1) is 0 Å². The van der Waals surface area contributed by atoms with E-state index in [0.29, 0.717) is 25.2 Å². The van der Waals surface area contributed by atoms with Crippen molar-refractivity contribution in [3.63, 3.8) is 0 Å². The van der Waals surface area contributed by atoms with E-state index in [0.717, 1.165) is 56.0 Å². The minimum atomic E-state index is -0.122. The first kappa shape index (κ1) is 21.3. The van der Waals surface area contributed by atoms with Gasteiger partial charge in [-0.1, -0.05) is 43.7 Å². The van der Waals surface area contributed by atoms with Crippen LogP contribution in [0.25, 0.3) is 0 Å². The Morgan fingerprint density at radius 1 is 1.21 bits per heavy atom. The monoisotopic (exact) mass is 414 g/mol. The van der Waals surface area contributed by atoms with E-state index < -0.39 is 0 Å². The van der Waals surface area contributed by atoms with Crippen molar-refractivity contribution in [2.24, 2.45) is 0 Å². The maximum atomic E-state index is 13.1. The van der Waals surface area contributed by atoms with E-state index in [1.165, 1.54) is 11.3 Å². The van der Waals surface area contributed by atoms with Crippen molar-refractivity contribution < 1.29 is 9.59 Å². The zero-order valence-electron chi connectivity index (χ0n) is 17.1. The first-order chi connectivity index (χ1) is 14.2. The zero-order valence-corrected chi connectivity index (χ0v) is 17.9. The molecule has 0 unspecified atom stereocenters. The Morgan fingerprint density at radius 2 is 1.97 bits per heavy atom. The number of nitrogens with zero attached hydrogens (tertiary/aromatic N) is 3. The Balaban J connectivity index is 1.66. The largest absolute Gasteiger partial charge is 0.362 e. The van der Waals surface area contributed by atoms with E-state index in [9.17, 15) is 9.59 Å². The molecule has 1 saturated heterocycles. The van der Waals surface area contributed by atoms with Gasteiger partial charge in [0.05, 0.1) is 0 Å². The molecule has 7 heteroatoms. The molecule has 0 saturated carbocycles. The summed E-state index contributed by atoms with van der Waals surface area (Å²) in [5.41, 5.74) is 1.49. The highest BCUT2D eigenvalue weighted by atomic mass is 32.1. The molecule has 2 amide bonds. The molecule has 0 radical (unpaired) electrons. The minimum Gasteiger partial charge on any atom is -0.362 e. The van der Waals surface area contributed by atoms with Crippen LogP contribution in [0.1, 0.15) is 55.1 Å². The van der Waals surface area contributed by atoms with Crippen LogP contribution in [0.5, 0.6) is 0 Å². The molecule has 0 spiro atoms. The number of likely N-dealkylation sites (tertiary alicyclic amines) is 1. The summed E-state index contributed by atoms with van der Waals surface area (Å²) in [4.78, 5) is 33.7. The molecule has 3 rings (SSSR count). The number of nitrogens with one attached hydrogen (secondary N) is 1. The zero-order chi connectivity index (χ0) is 20.5. The maximum Gasteiger partial charge on any atom is 0.273 e. The number of anilines is 1. The standard InChI is InChI=1S/C22H30N4O2S/c1-2-3-12-23-22-24-19(17-29-22)21(28)26(16-18-9-5-4-6-10-18)15-11-20(27)25-13-7-8-14-25/h4-6,9-10,17H,2-3,7-8,11-16H2,1H3,(H,23,24).